The lowest BCUT2D eigenvalue weighted by atomic mass is 10.0. The Bertz CT molecular complexity index is 383. The molecule has 2 heteroatoms. The average Bonchev–Trinajstić information content (AvgIpc) is 2.91. The first-order chi connectivity index (χ1) is 9.92. The molecule has 1 aromatic carbocycles. The van der Waals surface area contributed by atoms with Gasteiger partial charge in [0.05, 0.1) is 0 Å². The molecule has 3 rings (SSSR count). The topological polar surface area (TPSA) is 15.3 Å². The van der Waals surface area contributed by atoms with Gasteiger partial charge in [0.2, 0.25) is 0 Å². The van der Waals surface area contributed by atoms with Crippen LogP contribution in [0.1, 0.15) is 43.2 Å². The van der Waals surface area contributed by atoms with E-state index in [9.17, 15) is 0 Å². The predicted molar refractivity (Wildman–Crippen MR) is 85.2 cm³/mol. The molecule has 0 spiro atoms. The number of benzene rings is 1. The molecule has 0 saturated heterocycles. The van der Waals surface area contributed by atoms with Crippen molar-refractivity contribution in [1.29, 1.82) is 0 Å². The zero-order valence-corrected chi connectivity index (χ0v) is 12.6. The van der Waals surface area contributed by atoms with E-state index in [4.69, 9.17) is 0 Å². The van der Waals surface area contributed by atoms with Crippen molar-refractivity contribution in [3.8, 4) is 0 Å². The molecule has 1 saturated carbocycles. The van der Waals surface area contributed by atoms with Crippen molar-refractivity contribution in [3.05, 3.63) is 35.4 Å². The molecule has 110 valence electrons. The summed E-state index contributed by atoms with van der Waals surface area (Å²) in [5.74, 6) is 0. The van der Waals surface area contributed by atoms with Gasteiger partial charge in [-0.05, 0) is 56.3 Å². The molecular formula is C18H28N2. The fourth-order valence-corrected chi connectivity index (χ4v) is 3.68. The van der Waals surface area contributed by atoms with Crippen molar-refractivity contribution in [3.63, 3.8) is 0 Å². The fourth-order valence-electron chi connectivity index (χ4n) is 3.68. The molecule has 0 unspecified atom stereocenters. The Morgan fingerprint density at radius 2 is 1.65 bits per heavy atom. The maximum Gasteiger partial charge on any atom is 0.00670 e. The van der Waals surface area contributed by atoms with Gasteiger partial charge < -0.3 is 10.2 Å². The van der Waals surface area contributed by atoms with Crippen LogP contribution < -0.4 is 5.32 Å². The Balaban J connectivity index is 1.37. The molecule has 2 aliphatic rings. The molecule has 0 atom stereocenters. The Morgan fingerprint density at radius 1 is 1.00 bits per heavy atom. The summed E-state index contributed by atoms with van der Waals surface area (Å²) in [6, 6.07) is 9.80. The van der Waals surface area contributed by atoms with Gasteiger partial charge in [-0.3, -0.25) is 0 Å². The molecule has 1 aliphatic heterocycles. The molecular weight excluding hydrogens is 244 g/mol. The lowest BCUT2D eigenvalue weighted by Gasteiger charge is -2.20. The van der Waals surface area contributed by atoms with Crippen LogP contribution in [-0.2, 0) is 12.8 Å². The van der Waals surface area contributed by atoms with Crippen LogP contribution in [0.5, 0.6) is 0 Å². The quantitative estimate of drug-likeness (QED) is 0.829. The summed E-state index contributed by atoms with van der Waals surface area (Å²) in [6.07, 6.45) is 9.42. The van der Waals surface area contributed by atoms with E-state index in [0.717, 1.165) is 6.04 Å². The number of nitrogens with one attached hydrogen (secondary N) is 1. The number of hydrogen-bond acceptors (Lipinski definition) is 2. The van der Waals surface area contributed by atoms with Gasteiger partial charge in [0.25, 0.3) is 0 Å². The second kappa shape index (κ2) is 7.24. The number of hydrogen-bond donors (Lipinski definition) is 1. The normalized spacial score (nSPS) is 20.8. The monoisotopic (exact) mass is 272 g/mol. The molecule has 0 aromatic heterocycles. The lowest BCUT2D eigenvalue weighted by molar-refractivity contribution is 0.280. The number of nitrogens with zero attached hydrogens (tertiary/aromatic N) is 1. The van der Waals surface area contributed by atoms with Crippen molar-refractivity contribution in [2.45, 2.75) is 51.0 Å². The van der Waals surface area contributed by atoms with E-state index >= 15 is 0 Å². The van der Waals surface area contributed by atoms with Gasteiger partial charge in [0.15, 0.2) is 0 Å². The Labute approximate surface area is 123 Å². The van der Waals surface area contributed by atoms with Gasteiger partial charge in [-0.25, -0.2) is 0 Å². The van der Waals surface area contributed by atoms with Crippen molar-refractivity contribution in [2.24, 2.45) is 0 Å². The van der Waals surface area contributed by atoms with Gasteiger partial charge in [-0.15, -0.1) is 0 Å². The first kappa shape index (κ1) is 14.1. The third kappa shape index (κ3) is 3.83. The van der Waals surface area contributed by atoms with Crippen molar-refractivity contribution in [1.82, 2.24) is 10.2 Å². The van der Waals surface area contributed by atoms with E-state index in [-0.39, 0.29) is 0 Å². The zero-order valence-electron chi connectivity index (χ0n) is 12.6. The van der Waals surface area contributed by atoms with E-state index < -0.39 is 0 Å². The summed E-state index contributed by atoms with van der Waals surface area (Å²) in [5.41, 5.74) is 3.14. The van der Waals surface area contributed by atoms with Gasteiger partial charge in [0, 0.05) is 19.1 Å². The molecule has 1 heterocycles. The van der Waals surface area contributed by atoms with Crippen LogP contribution in [0.15, 0.2) is 24.3 Å². The van der Waals surface area contributed by atoms with E-state index in [1.807, 2.05) is 0 Å². The third-order valence-corrected chi connectivity index (χ3v) is 4.95. The molecule has 0 amide bonds. The molecule has 1 fully saturated rings. The maximum atomic E-state index is 3.73. The minimum atomic E-state index is 0.823. The minimum absolute atomic E-state index is 0.823. The highest BCUT2D eigenvalue weighted by Crippen LogP contribution is 2.18. The van der Waals surface area contributed by atoms with Crippen LogP contribution in [-0.4, -0.2) is 37.1 Å². The van der Waals surface area contributed by atoms with Gasteiger partial charge >= 0.3 is 0 Å². The average molecular weight is 272 g/mol. The van der Waals surface area contributed by atoms with Gasteiger partial charge in [-0.2, -0.15) is 0 Å². The van der Waals surface area contributed by atoms with E-state index in [2.05, 4.69) is 34.5 Å². The Hall–Kier alpha value is -0.860. The summed E-state index contributed by atoms with van der Waals surface area (Å²) >= 11 is 0. The second-order valence-electron chi connectivity index (χ2n) is 6.40. The second-order valence-corrected chi connectivity index (χ2v) is 6.40. The summed E-state index contributed by atoms with van der Waals surface area (Å²) in [4.78, 5) is 2.65. The van der Waals surface area contributed by atoms with Crippen LogP contribution in [0.2, 0.25) is 0 Å². The highest BCUT2D eigenvalue weighted by atomic mass is 15.1. The highest BCUT2D eigenvalue weighted by Gasteiger charge is 2.15. The first-order valence-electron chi connectivity index (χ1n) is 8.44. The summed E-state index contributed by atoms with van der Waals surface area (Å²) in [6.45, 7) is 4.93. The molecule has 0 bridgehead atoms. The Kier molecular flexibility index (Phi) is 5.10. The largest absolute Gasteiger partial charge is 0.314 e. The summed E-state index contributed by atoms with van der Waals surface area (Å²) in [5, 5.41) is 3.73. The summed E-state index contributed by atoms with van der Waals surface area (Å²) < 4.78 is 0. The van der Waals surface area contributed by atoms with Crippen LogP contribution >= 0.6 is 0 Å². The minimum Gasteiger partial charge on any atom is -0.314 e. The van der Waals surface area contributed by atoms with E-state index in [0.29, 0.717) is 0 Å². The lowest BCUT2D eigenvalue weighted by Crippen LogP contribution is -2.32. The van der Waals surface area contributed by atoms with Crippen molar-refractivity contribution < 1.29 is 0 Å². The molecule has 2 nitrogen and oxygen atoms in total. The Morgan fingerprint density at radius 3 is 2.30 bits per heavy atom. The molecule has 0 radical (unpaired) electrons. The number of fused-ring (bicyclic) bond motifs is 1. The van der Waals surface area contributed by atoms with Crippen molar-refractivity contribution in [2.75, 3.05) is 26.2 Å². The predicted octanol–water partition coefficient (Wildman–Crippen LogP) is 3.01. The van der Waals surface area contributed by atoms with Crippen LogP contribution in [0.4, 0.5) is 0 Å². The zero-order chi connectivity index (χ0) is 13.6. The summed E-state index contributed by atoms with van der Waals surface area (Å²) in [7, 11) is 0. The smallest absolute Gasteiger partial charge is 0.00670 e. The molecule has 1 aliphatic carbocycles. The van der Waals surface area contributed by atoms with Crippen molar-refractivity contribution >= 4 is 0 Å². The molecule has 1 aromatic rings. The van der Waals surface area contributed by atoms with Crippen LogP contribution in [0, 0.1) is 0 Å². The van der Waals surface area contributed by atoms with E-state index in [1.54, 1.807) is 11.1 Å². The third-order valence-electron chi connectivity index (χ3n) is 4.95. The fraction of sp³-hybridized carbons (Fsp3) is 0.667. The van der Waals surface area contributed by atoms with Crippen LogP contribution in [0.3, 0.4) is 0 Å². The maximum absolute atomic E-state index is 3.73. The molecule has 1 N–H and O–H groups in total. The molecule has 20 heavy (non-hydrogen) atoms. The van der Waals surface area contributed by atoms with E-state index in [1.165, 1.54) is 71.1 Å². The van der Waals surface area contributed by atoms with Gasteiger partial charge in [-0.1, -0.05) is 37.1 Å². The first-order valence-corrected chi connectivity index (χ1v) is 8.44. The number of rotatable bonds is 5. The van der Waals surface area contributed by atoms with Gasteiger partial charge in [0.1, 0.15) is 0 Å². The highest BCUT2D eigenvalue weighted by molar-refractivity contribution is 5.28. The standard InChI is InChI=1S/C18H28N2/c1-2-7-17-11-15-20(14-10-16(17)6-1)13-5-12-19-18-8-3-4-9-18/h1-2,6-7,18-19H,3-5,8-15H2. The van der Waals surface area contributed by atoms with Crippen LogP contribution in [0.25, 0.3) is 0 Å². The SMILES string of the molecule is c1ccc2c(c1)CCN(CCCNC1CCCC1)CC2.